The summed E-state index contributed by atoms with van der Waals surface area (Å²) in [5.74, 6) is 0.357. The smallest absolute Gasteiger partial charge is 0.238 e. The Balaban J connectivity index is 1.22. The molecule has 1 aliphatic heterocycles. The van der Waals surface area contributed by atoms with Crippen molar-refractivity contribution >= 4 is 51.1 Å². The summed E-state index contributed by atoms with van der Waals surface area (Å²) in [5, 5.41) is 7.77. The molecule has 11 heteroatoms. The van der Waals surface area contributed by atoms with Gasteiger partial charge in [-0.2, -0.15) is 0 Å². The lowest BCUT2D eigenvalue weighted by molar-refractivity contribution is -0.117. The summed E-state index contributed by atoms with van der Waals surface area (Å²) >= 11 is 4.41. The summed E-state index contributed by atoms with van der Waals surface area (Å²) < 4.78 is 20.2. The SMILES string of the molecule is O=C(CN1CCC[C@@H](Nc2ncc(Cl)c(-c3c[nH]c4ccccc34)n2)C1)Nc1ccc(S(=O)O)cc1. The van der Waals surface area contributed by atoms with Crippen molar-refractivity contribution in [1.29, 1.82) is 0 Å². The van der Waals surface area contributed by atoms with E-state index in [0.29, 0.717) is 28.9 Å². The van der Waals surface area contributed by atoms with Crippen molar-refractivity contribution in [2.45, 2.75) is 23.8 Å². The number of carbonyl (C=O) groups is 1. The van der Waals surface area contributed by atoms with Crippen LogP contribution in [0.2, 0.25) is 5.02 Å². The average molecular weight is 525 g/mol. The van der Waals surface area contributed by atoms with Crippen LogP contribution in [-0.4, -0.2) is 60.2 Å². The zero-order chi connectivity index (χ0) is 25.1. The third-order valence-electron chi connectivity index (χ3n) is 6.13. The number of aromatic nitrogens is 3. The quantitative estimate of drug-likeness (QED) is 0.265. The van der Waals surface area contributed by atoms with Crippen molar-refractivity contribution in [3.8, 4) is 11.3 Å². The lowest BCUT2D eigenvalue weighted by Gasteiger charge is -2.32. The van der Waals surface area contributed by atoms with E-state index in [2.05, 4.69) is 25.5 Å². The Morgan fingerprint density at radius 3 is 2.83 bits per heavy atom. The first kappa shape index (κ1) is 24.4. The van der Waals surface area contributed by atoms with Gasteiger partial charge in [-0.05, 0) is 49.7 Å². The van der Waals surface area contributed by atoms with Crippen LogP contribution in [0.25, 0.3) is 22.2 Å². The lowest BCUT2D eigenvalue weighted by atomic mass is 10.1. The van der Waals surface area contributed by atoms with E-state index in [0.717, 1.165) is 35.9 Å². The summed E-state index contributed by atoms with van der Waals surface area (Å²) in [4.78, 5) is 27.3. The van der Waals surface area contributed by atoms with E-state index in [4.69, 9.17) is 21.1 Å². The van der Waals surface area contributed by atoms with Crippen molar-refractivity contribution in [1.82, 2.24) is 19.9 Å². The fraction of sp³-hybridized carbons (Fsp3) is 0.240. The molecule has 9 nitrogen and oxygen atoms in total. The molecule has 3 heterocycles. The Bertz CT molecular complexity index is 1410. The molecule has 1 amide bonds. The fourth-order valence-corrected chi connectivity index (χ4v) is 5.01. The molecule has 2 aromatic heterocycles. The number of likely N-dealkylation sites (tertiary alicyclic amines) is 1. The number of nitrogens with one attached hydrogen (secondary N) is 3. The molecule has 4 aromatic rings. The van der Waals surface area contributed by atoms with Crippen molar-refractivity contribution in [2.75, 3.05) is 30.3 Å². The van der Waals surface area contributed by atoms with Crippen molar-refractivity contribution in [2.24, 2.45) is 0 Å². The number of fused-ring (bicyclic) bond motifs is 1. The number of hydrogen-bond donors (Lipinski definition) is 4. The summed E-state index contributed by atoms with van der Waals surface area (Å²) in [6.45, 7) is 1.73. The summed E-state index contributed by atoms with van der Waals surface area (Å²) in [7, 11) is 0. The van der Waals surface area contributed by atoms with Crippen molar-refractivity contribution < 1.29 is 13.6 Å². The number of benzene rings is 2. The molecule has 0 spiro atoms. The van der Waals surface area contributed by atoms with Gasteiger partial charge in [0.2, 0.25) is 11.9 Å². The predicted octanol–water partition coefficient (Wildman–Crippen LogP) is 4.37. The first-order valence-electron chi connectivity index (χ1n) is 11.5. The third-order valence-corrected chi connectivity index (χ3v) is 7.09. The van der Waals surface area contributed by atoms with Crippen molar-refractivity contribution in [3.63, 3.8) is 0 Å². The Labute approximate surface area is 215 Å². The molecule has 1 saturated heterocycles. The van der Waals surface area contributed by atoms with Crippen LogP contribution < -0.4 is 10.6 Å². The monoisotopic (exact) mass is 524 g/mol. The summed E-state index contributed by atoms with van der Waals surface area (Å²) in [5.41, 5.74) is 3.17. The standard InChI is InChI=1S/C25H25ClN6O3S/c26-21-13-28-25(31-24(21)20-12-27-22-6-2-1-5-19(20)22)30-17-4-3-11-32(14-17)15-23(33)29-16-7-9-18(10-8-16)36(34)35/h1-2,5-10,12-13,17,27H,3-4,11,14-15H2,(H,29,33)(H,34,35)(H,28,30,31)/t17-/m1/s1. The second kappa shape index (κ2) is 10.8. The molecule has 0 aliphatic carbocycles. The van der Waals surface area contributed by atoms with Gasteiger partial charge in [0.15, 0.2) is 11.1 Å². The molecule has 1 fully saturated rings. The van der Waals surface area contributed by atoms with Crippen LogP contribution >= 0.6 is 11.6 Å². The van der Waals surface area contributed by atoms with Crippen LogP contribution in [0.5, 0.6) is 0 Å². The first-order valence-corrected chi connectivity index (χ1v) is 13.0. The maximum atomic E-state index is 12.6. The second-order valence-electron chi connectivity index (χ2n) is 8.68. The number of piperidine rings is 1. The number of carbonyl (C=O) groups excluding carboxylic acids is 1. The summed E-state index contributed by atoms with van der Waals surface area (Å²) in [6, 6.07) is 14.3. The van der Waals surface area contributed by atoms with Crippen LogP contribution in [0.1, 0.15) is 12.8 Å². The minimum Gasteiger partial charge on any atom is -0.360 e. The maximum Gasteiger partial charge on any atom is 0.238 e. The van der Waals surface area contributed by atoms with Gasteiger partial charge in [0.25, 0.3) is 0 Å². The number of halogens is 1. The highest BCUT2D eigenvalue weighted by Crippen LogP contribution is 2.32. The normalized spacial score (nSPS) is 17.1. The molecule has 0 radical (unpaired) electrons. The van der Waals surface area contributed by atoms with Gasteiger partial charge in [0.05, 0.1) is 28.4 Å². The van der Waals surface area contributed by atoms with E-state index < -0.39 is 11.1 Å². The van der Waals surface area contributed by atoms with Gasteiger partial charge in [0, 0.05) is 40.9 Å². The molecule has 36 heavy (non-hydrogen) atoms. The maximum absolute atomic E-state index is 12.6. The topological polar surface area (TPSA) is 123 Å². The Morgan fingerprint density at radius 1 is 1.22 bits per heavy atom. The van der Waals surface area contributed by atoms with E-state index in [9.17, 15) is 9.00 Å². The molecule has 186 valence electrons. The van der Waals surface area contributed by atoms with Crippen molar-refractivity contribution in [3.05, 3.63) is 65.9 Å². The molecule has 0 bridgehead atoms. The summed E-state index contributed by atoms with van der Waals surface area (Å²) in [6.07, 6.45) is 5.39. The fourth-order valence-electron chi connectivity index (χ4n) is 4.45. The molecule has 2 aromatic carbocycles. The zero-order valence-corrected chi connectivity index (χ0v) is 20.9. The number of anilines is 2. The Hall–Kier alpha value is -3.31. The second-order valence-corrected chi connectivity index (χ2v) is 10.1. The van der Waals surface area contributed by atoms with Crippen LogP contribution in [0.3, 0.4) is 0 Å². The Morgan fingerprint density at radius 2 is 2.03 bits per heavy atom. The number of hydrogen-bond acceptors (Lipinski definition) is 6. The number of rotatable bonds is 7. The number of H-pyrrole nitrogens is 1. The largest absolute Gasteiger partial charge is 0.360 e. The molecule has 4 N–H and O–H groups in total. The number of amides is 1. The molecule has 1 unspecified atom stereocenters. The van der Waals surface area contributed by atoms with E-state index in [1.165, 1.54) is 12.1 Å². The third kappa shape index (κ3) is 5.57. The van der Waals surface area contributed by atoms with Gasteiger partial charge in [-0.1, -0.05) is 29.8 Å². The minimum atomic E-state index is -2.04. The zero-order valence-electron chi connectivity index (χ0n) is 19.3. The van der Waals surface area contributed by atoms with Gasteiger partial charge in [-0.25, -0.2) is 14.2 Å². The number of nitrogens with zero attached hydrogens (tertiary/aromatic N) is 3. The van der Waals surface area contributed by atoms with E-state index in [1.807, 2.05) is 30.5 Å². The average Bonchev–Trinajstić information content (AvgIpc) is 3.30. The number of aromatic amines is 1. The van der Waals surface area contributed by atoms with Crippen LogP contribution in [0.15, 0.2) is 65.8 Å². The Kier molecular flexibility index (Phi) is 7.28. The van der Waals surface area contributed by atoms with Gasteiger partial charge < -0.3 is 20.2 Å². The molecule has 2 atom stereocenters. The molecule has 5 rings (SSSR count). The molecular formula is C25H25ClN6O3S. The van der Waals surface area contributed by atoms with E-state index >= 15 is 0 Å². The molecular weight excluding hydrogens is 500 g/mol. The lowest BCUT2D eigenvalue weighted by Crippen LogP contribution is -2.45. The van der Waals surface area contributed by atoms with Crippen LogP contribution in [0.4, 0.5) is 11.6 Å². The van der Waals surface area contributed by atoms with E-state index in [-0.39, 0.29) is 23.4 Å². The van der Waals surface area contributed by atoms with Gasteiger partial charge in [-0.3, -0.25) is 9.69 Å². The van der Waals surface area contributed by atoms with Crippen LogP contribution in [0, 0.1) is 0 Å². The highest BCUT2D eigenvalue weighted by Gasteiger charge is 2.23. The highest BCUT2D eigenvalue weighted by atomic mass is 35.5. The van der Waals surface area contributed by atoms with Gasteiger partial charge in [-0.15, -0.1) is 0 Å². The van der Waals surface area contributed by atoms with E-state index in [1.54, 1.807) is 18.3 Å². The van der Waals surface area contributed by atoms with Crippen LogP contribution in [-0.2, 0) is 15.9 Å². The number of para-hydroxylation sites is 1. The first-order chi connectivity index (χ1) is 17.5. The highest BCUT2D eigenvalue weighted by molar-refractivity contribution is 7.79. The van der Waals surface area contributed by atoms with Gasteiger partial charge >= 0.3 is 0 Å². The van der Waals surface area contributed by atoms with Gasteiger partial charge in [0.1, 0.15) is 0 Å². The molecule has 0 saturated carbocycles. The predicted molar refractivity (Wildman–Crippen MR) is 142 cm³/mol. The molecule has 1 aliphatic rings. The minimum absolute atomic E-state index is 0.0855.